The smallest absolute Gasteiger partial charge is 0.0766 e. The van der Waals surface area contributed by atoms with Crippen LogP contribution in [-0.4, -0.2) is 29.7 Å². The number of nitrogens with zero attached hydrogens (tertiary/aromatic N) is 1. The summed E-state index contributed by atoms with van der Waals surface area (Å²) in [6, 6.07) is 7.53. The molecular formula is C9H13NO2S. The lowest BCUT2D eigenvalue weighted by atomic mass is 10.3. The normalized spacial score (nSPS) is 10.1. The molecule has 0 fully saturated rings. The quantitative estimate of drug-likeness (QED) is 0.571. The van der Waals surface area contributed by atoms with Crippen LogP contribution in [-0.2, 0) is 0 Å². The first kappa shape index (κ1) is 10.4. The van der Waals surface area contributed by atoms with Crippen molar-refractivity contribution < 1.29 is 10.3 Å². The molecule has 0 saturated heterocycles. The Morgan fingerprint density at radius 3 is 2.69 bits per heavy atom. The molecule has 72 valence electrons. The maximum Gasteiger partial charge on any atom is 0.0766 e. The van der Waals surface area contributed by atoms with E-state index in [1.54, 1.807) is 7.05 Å². The van der Waals surface area contributed by atoms with E-state index in [1.165, 1.54) is 11.8 Å². The van der Waals surface area contributed by atoms with Gasteiger partial charge in [-0.2, -0.15) is 0 Å². The summed E-state index contributed by atoms with van der Waals surface area (Å²) in [5.74, 6) is 0.644. The highest BCUT2D eigenvalue weighted by Gasteiger charge is 2.03. The van der Waals surface area contributed by atoms with Crippen molar-refractivity contribution in [2.24, 2.45) is 0 Å². The molecule has 3 nitrogen and oxygen atoms in total. The van der Waals surface area contributed by atoms with E-state index in [1.807, 2.05) is 24.3 Å². The zero-order valence-electron chi connectivity index (χ0n) is 7.47. The van der Waals surface area contributed by atoms with Crippen LogP contribution < -0.4 is 5.06 Å². The highest BCUT2D eigenvalue weighted by atomic mass is 32.2. The highest BCUT2D eigenvalue weighted by molar-refractivity contribution is 7.99. The highest BCUT2D eigenvalue weighted by Crippen LogP contribution is 2.28. The number of hydroxylamine groups is 1. The van der Waals surface area contributed by atoms with E-state index in [-0.39, 0.29) is 6.61 Å². The Kier molecular flexibility index (Phi) is 4.08. The van der Waals surface area contributed by atoms with Crippen LogP contribution in [0.5, 0.6) is 0 Å². The minimum Gasteiger partial charge on any atom is -0.396 e. The van der Waals surface area contributed by atoms with Crippen LogP contribution in [0.2, 0.25) is 0 Å². The molecule has 0 amide bonds. The van der Waals surface area contributed by atoms with Crippen LogP contribution in [0, 0.1) is 0 Å². The van der Waals surface area contributed by atoms with Gasteiger partial charge >= 0.3 is 0 Å². The van der Waals surface area contributed by atoms with Gasteiger partial charge in [0.2, 0.25) is 0 Å². The first-order valence-electron chi connectivity index (χ1n) is 4.01. The maximum absolute atomic E-state index is 9.26. The molecule has 0 spiro atoms. The summed E-state index contributed by atoms with van der Waals surface area (Å²) in [7, 11) is 1.58. The zero-order valence-corrected chi connectivity index (χ0v) is 8.29. The van der Waals surface area contributed by atoms with Gasteiger partial charge in [-0.05, 0) is 12.1 Å². The van der Waals surface area contributed by atoms with Crippen molar-refractivity contribution in [3.63, 3.8) is 0 Å². The van der Waals surface area contributed by atoms with Crippen LogP contribution in [0.15, 0.2) is 29.2 Å². The van der Waals surface area contributed by atoms with E-state index in [0.717, 1.165) is 15.6 Å². The lowest BCUT2D eigenvalue weighted by Crippen LogP contribution is -2.10. The number of hydrogen-bond donors (Lipinski definition) is 2. The molecule has 13 heavy (non-hydrogen) atoms. The molecule has 0 heterocycles. The number of aliphatic hydroxyl groups is 1. The number of hydrogen-bond acceptors (Lipinski definition) is 4. The summed E-state index contributed by atoms with van der Waals surface area (Å²) in [5.41, 5.74) is 0.765. The Morgan fingerprint density at radius 2 is 2.08 bits per heavy atom. The Balaban J connectivity index is 2.78. The van der Waals surface area contributed by atoms with E-state index >= 15 is 0 Å². The molecule has 0 unspecified atom stereocenters. The zero-order chi connectivity index (χ0) is 9.68. The van der Waals surface area contributed by atoms with Crippen molar-refractivity contribution in [2.45, 2.75) is 4.90 Å². The first-order chi connectivity index (χ1) is 6.25. The Morgan fingerprint density at radius 1 is 1.38 bits per heavy atom. The number of aliphatic hydroxyl groups excluding tert-OH is 1. The van der Waals surface area contributed by atoms with E-state index in [0.29, 0.717) is 5.75 Å². The fourth-order valence-corrected chi connectivity index (χ4v) is 1.84. The second-order valence-electron chi connectivity index (χ2n) is 2.56. The summed E-state index contributed by atoms with van der Waals surface area (Å²) < 4.78 is 0. The lowest BCUT2D eigenvalue weighted by molar-refractivity contribution is 0.277. The predicted octanol–water partition coefficient (Wildman–Crippen LogP) is 1.60. The number of thioether (sulfide) groups is 1. The second kappa shape index (κ2) is 5.11. The monoisotopic (exact) mass is 199 g/mol. The number of anilines is 1. The second-order valence-corrected chi connectivity index (χ2v) is 3.70. The third-order valence-electron chi connectivity index (χ3n) is 1.56. The molecule has 0 aromatic heterocycles. The van der Waals surface area contributed by atoms with Crippen molar-refractivity contribution >= 4 is 17.4 Å². The molecule has 1 aromatic carbocycles. The van der Waals surface area contributed by atoms with E-state index in [2.05, 4.69) is 0 Å². The van der Waals surface area contributed by atoms with Crippen LogP contribution in [0.4, 0.5) is 5.69 Å². The van der Waals surface area contributed by atoms with Gasteiger partial charge in [0.1, 0.15) is 0 Å². The standard InChI is InChI=1S/C9H13NO2S/c1-10(12)8-4-2-3-5-9(8)13-7-6-11/h2-5,11-12H,6-7H2,1H3. The van der Waals surface area contributed by atoms with Crippen LogP contribution >= 0.6 is 11.8 Å². The summed E-state index contributed by atoms with van der Waals surface area (Å²) in [4.78, 5) is 0.974. The minimum atomic E-state index is 0.147. The Hall–Kier alpha value is -0.710. The summed E-state index contributed by atoms with van der Waals surface area (Å²) in [6.45, 7) is 0.147. The van der Waals surface area contributed by atoms with E-state index in [4.69, 9.17) is 5.11 Å². The van der Waals surface area contributed by atoms with Gasteiger partial charge in [0.05, 0.1) is 12.3 Å². The SMILES string of the molecule is CN(O)c1ccccc1SCCO. The lowest BCUT2D eigenvalue weighted by Gasteiger charge is -2.14. The predicted molar refractivity (Wildman–Crippen MR) is 54.4 cm³/mol. The summed E-state index contributed by atoms with van der Waals surface area (Å²) in [5, 5.41) is 19.0. The largest absolute Gasteiger partial charge is 0.396 e. The number of para-hydroxylation sites is 1. The first-order valence-corrected chi connectivity index (χ1v) is 4.99. The molecule has 0 aliphatic rings. The molecule has 0 saturated carbocycles. The Bertz CT molecular complexity index is 266. The minimum absolute atomic E-state index is 0.147. The van der Waals surface area contributed by atoms with Gasteiger partial charge in [0, 0.05) is 17.7 Å². The molecular weight excluding hydrogens is 186 g/mol. The molecule has 0 aliphatic heterocycles. The average Bonchev–Trinajstić information content (AvgIpc) is 2.15. The molecule has 0 bridgehead atoms. The topological polar surface area (TPSA) is 43.7 Å². The van der Waals surface area contributed by atoms with Gasteiger partial charge in [0.25, 0.3) is 0 Å². The van der Waals surface area contributed by atoms with E-state index in [9.17, 15) is 5.21 Å². The summed E-state index contributed by atoms with van der Waals surface area (Å²) in [6.07, 6.45) is 0. The Labute approximate surface area is 82.0 Å². The van der Waals surface area contributed by atoms with Crippen molar-refractivity contribution in [2.75, 3.05) is 24.5 Å². The molecule has 0 atom stereocenters. The fraction of sp³-hybridized carbons (Fsp3) is 0.333. The van der Waals surface area contributed by atoms with Crippen LogP contribution in [0.25, 0.3) is 0 Å². The van der Waals surface area contributed by atoms with Crippen molar-refractivity contribution in [1.82, 2.24) is 0 Å². The number of rotatable bonds is 4. The molecule has 1 aromatic rings. The number of benzene rings is 1. The van der Waals surface area contributed by atoms with Crippen molar-refractivity contribution in [3.8, 4) is 0 Å². The molecule has 1 rings (SSSR count). The van der Waals surface area contributed by atoms with Crippen molar-refractivity contribution in [3.05, 3.63) is 24.3 Å². The van der Waals surface area contributed by atoms with E-state index < -0.39 is 0 Å². The summed E-state index contributed by atoms with van der Waals surface area (Å²) >= 11 is 1.52. The third-order valence-corrected chi connectivity index (χ3v) is 2.61. The van der Waals surface area contributed by atoms with Gasteiger partial charge in [-0.3, -0.25) is 10.3 Å². The molecule has 0 radical (unpaired) electrons. The van der Waals surface area contributed by atoms with Gasteiger partial charge < -0.3 is 5.11 Å². The van der Waals surface area contributed by atoms with Crippen molar-refractivity contribution in [1.29, 1.82) is 0 Å². The van der Waals surface area contributed by atoms with Gasteiger partial charge in [-0.25, -0.2) is 0 Å². The van der Waals surface area contributed by atoms with Gasteiger partial charge in [0.15, 0.2) is 0 Å². The maximum atomic E-state index is 9.26. The molecule has 4 heteroatoms. The third kappa shape index (κ3) is 2.91. The molecule has 2 N–H and O–H groups in total. The van der Waals surface area contributed by atoms with Crippen LogP contribution in [0.1, 0.15) is 0 Å². The van der Waals surface area contributed by atoms with Gasteiger partial charge in [-0.15, -0.1) is 11.8 Å². The average molecular weight is 199 g/mol. The molecule has 0 aliphatic carbocycles. The van der Waals surface area contributed by atoms with Gasteiger partial charge in [-0.1, -0.05) is 12.1 Å². The fourth-order valence-electron chi connectivity index (χ4n) is 1.00. The van der Waals surface area contributed by atoms with Crippen LogP contribution in [0.3, 0.4) is 0 Å².